The van der Waals surface area contributed by atoms with E-state index in [-0.39, 0.29) is 0 Å². The Bertz CT molecular complexity index is 523. The summed E-state index contributed by atoms with van der Waals surface area (Å²) in [6, 6.07) is 3.60. The number of aromatic nitrogens is 1. The van der Waals surface area contributed by atoms with Crippen LogP contribution in [0.15, 0.2) is 10.6 Å². The molecule has 0 radical (unpaired) electrons. The number of hydrogen-bond donors (Lipinski definition) is 0. The average Bonchev–Trinajstić information content (AvgIpc) is 3.02. The van der Waals surface area contributed by atoms with Gasteiger partial charge in [0.1, 0.15) is 5.76 Å². The van der Waals surface area contributed by atoms with Crippen molar-refractivity contribution in [2.24, 2.45) is 11.8 Å². The van der Waals surface area contributed by atoms with Gasteiger partial charge in [0.05, 0.1) is 5.69 Å². The van der Waals surface area contributed by atoms with Gasteiger partial charge in [0.25, 0.3) is 0 Å². The van der Waals surface area contributed by atoms with Crippen LogP contribution in [0, 0.1) is 18.8 Å². The maximum Gasteiger partial charge on any atom is 0.141 e. The Balaban J connectivity index is 1.63. The molecule has 4 rings (SSSR count). The lowest BCUT2D eigenvalue weighted by Gasteiger charge is -2.46. The summed E-state index contributed by atoms with van der Waals surface area (Å²) in [5.74, 6) is 3.24. The summed E-state index contributed by atoms with van der Waals surface area (Å²) in [5.41, 5.74) is 1.01. The van der Waals surface area contributed by atoms with E-state index in [2.05, 4.69) is 23.2 Å². The van der Waals surface area contributed by atoms with Crippen LogP contribution in [0.3, 0.4) is 0 Å². The molecule has 1 saturated carbocycles. The minimum Gasteiger partial charge on any atom is -0.361 e. The lowest BCUT2D eigenvalue weighted by atomic mass is 9.67. The molecule has 2 saturated heterocycles. The molecule has 0 N–H and O–H groups in total. The zero-order valence-corrected chi connectivity index (χ0v) is 14.4. The second-order valence-electron chi connectivity index (χ2n) is 7.77. The van der Waals surface area contributed by atoms with Crippen LogP contribution in [0.1, 0.15) is 62.3 Å². The van der Waals surface area contributed by atoms with Crippen molar-refractivity contribution in [1.82, 2.24) is 10.1 Å². The lowest BCUT2D eigenvalue weighted by Crippen LogP contribution is -2.47. The third kappa shape index (κ3) is 2.50. The Morgan fingerprint density at radius 3 is 2.64 bits per heavy atom. The van der Waals surface area contributed by atoms with Crippen molar-refractivity contribution in [3.63, 3.8) is 0 Å². The Morgan fingerprint density at radius 1 is 1.18 bits per heavy atom. The molecule has 3 aliphatic rings. The van der Waals surface area contributed by atoms with Gasteiger partial charge in [0.2, 0.25) is 0 Å². The number of likely N-dealkylation sites (N-methyl/N-ethyl adjacent to an activating group) is 1. The van der Waals surface area contributed by atoms with Gasteiger partial charge in [-0.3, -0.25) is 4.90 Å². The van der Waals surface area contributed by atoms with Gasteiger partial charge in [-0.05, 0) is 70.8 Å². The molecule has 122 valence electrons. The van der Waals surface area contributed by atoms with Crippen LogP contribution < -0.4 is 0 Å². The Morgan fingerprint density at radius 2 is 1.95 bits per heavy atom. The molecule has 0 spiro atoms. The minimum atomic E-state index is 0.408. The fourth-order valence-corrected chi connectivity index (χ4v) is 5.69. The van der Waals surface area contributed by atoms with E-state index in [1.54, 1.807) is 0 Å². The topological polar surface area (TPSA) is 29.3 Å². The first-order valence-corrected chi connectivity index (χ1v) is 9.36. The molecule has 4 atom stereocenters. The highest BCUT2D eigenvalue weighted by Gasteiger charge is 2.49. The predicted octanol–water partition coefficient (Wildman–Crippen LogP) is 4.35. The lowest BCUT2D eigenvalue weighted by molar-refractivity contribution is 0.0519. The number of alkyl halides is 1. The average molecular weight is 323 g/mol. The molecule has 0 aromatic carbocycles. The van der Waals surface area contributed by atoms with Crippen LogP contribution in [0.2, 0.25) is 0 Å². The summed E-state index contributed by atoms with van der Waals surface area (Å²) in [6.45, 7) is 2.03. The van der Waals surface area contributed by atoms with Crippen LogP contribution in [0.4, 0.5) is 0 Å². The van der Waals surface area contributed by atoms with Crippen molar-refractivity contribution in [3.05, 3.63) is 17.5 Å². The van der Waals surface area contributed by atoms with Crippen molar-refractivity contribution in [2.45, 2.75) is 75.2 Å². The first-order chi connectivity index (χ1) is 10.6. The standard InChI is InChI=1S/C18H27ClN2O/c1-11-9-17(22-20-11)18-15(12-3-5-13(19)6-4-12)10-14-7-8-16(18)21(14)2/h9,12-16,18H,3-8,10H2,1-2H3/t12?,13?,14?,15-,16?,18?/m1/s1. The van der Waals surface area contributed by atoms with Crippen LogP contribution in [0.5, 0.6) is 0 Å². The highest BCUT2D eigenvalue weighted by Crippen LogP contribution is 2.52. The summed E-state index contributed by atoms with van der Waals surface area (Å²) in [7, 11) is 2.31. The predicted molar refractivity (Wildman–Crippen MR) is 88.3 cm³/mol. The SMILES string of the molecule is Cc1cc(C2C3CCC(C[C@@H]2C2CCC(Cl)CC2)N3C)on1. The van der Waals surface area contributed by atoms with E-state index in [1.807, 2.05) is 6.92 Å². The number of rotatable bonds is 2. The molecule has 1 aliphatic carbocycles. The zero-order valence-electron chi connectivity index (χ0n) is 13.7. The van der Waals surface area contributed by atoms with E-state index >= 15 is 0 Å². The molecule has 22 heavy (non-hydrogen) atoms. The molecule has 2 bridgehead atoms. The normalized spacial score (nSPS) is 42.7. The highest BCUT2D eigenvalue weighted by molar-refractivity contribution is 6.20. The van der Waals surface area contributed by atoms with Crippen molar-refractivity contribution in [3.8, 4) is 0 Å². The number of hydrogen-bond acceptors (Lipinski definition) is 3. The molecule has 3 nitrogen and oxygen atoms in total. The number of aryl methyl sites for hydroxylation is 1. The van der Waals surface area contributed by atoms with Crippen LogP contribution in [0.25, 0.3) is 0 Å². The smallest absolute Gasteiger partial charge is 0.141 e. The summed E-state index contributed by atoms with van der Waals surface area (Å²) >= 11 is 6.33. The Hall–Kier alpha value is -0.540. The van der Waals surface area contributed by atoms with Gasteiger partial charge < -0.3 is 4.52 Å². The Labute approximate surface area is 138 Å². The second-order valence-corrected chi connectivity index (χ2v) is 8.39. The second kappa shape index (κ2) is 5.83. The molecule has 3 fully saturated rings. The van der Waals surface area contributed by atoms with E-state index < -0.39 is 0 Å². The van der Waals surface area contributed by atoms with Crippen LogP contribution >= 0.6 is 11.6 Å². The molecule has 2 aliphatic heterocycles. The van der Waals surface area contributed by atoms with Crippen molar-refractivity contribution >= 4 is 11.6 Å². The fourth-order valence-electron chi connectivity index (χ4n) is 5.44. The quantitative estimate of drug-likeness (QED) is 0.758. The fraction of sp³-hybridized carbons (Fsp3) is 0.833. The van der Waals surface area contributed by atoms with Gasteiger partial charge in [-0.15, -0.1) is 11.6 Å². The molecule has 3 unspecified atom stereocenters. The zero-order chi connectivity index (χ0) is 15.3. The molecular weight excluding hydrogens is 296 g/mol. The molecule has 4 heteroatoms. The van der Waals surface area contributed by atoms with Crippen LogP contribution in [-0.2, 0) is 0 Å². The van der Waals surface area contributed by atoms with Crippen molar-refractivity contribution in [1.29, 1.82) is 0 Å². The Kier molecular flexibility index (Phi) is 3.98. The van der Waals surface area contributed by atoms with Gasteiger partial charge in [0.15, 0.2) is 0 Å². The number of halogens is 1. The molecule has 1 aromatic rings. The molecular formula is C18H27ClN2O. The molecule has 3 heterocycles. The number of piperidine rings is 1. The maximum absolute atomic E-state index is 6.33. The van der Waals surface area contributed by atoms with Gasteiger partial charge >= 0.3 is 0 Å². The van der Waals surface area contributed by atoms with E-state index in [0.717, 1.165) is 29.3 Å². The van der Waals surface area contributed by atoms with E-state index in [4.69, 9.17) is 16.1 Å². The van der Waals surface area contributed by atoms with E-state index in [0.29, 0.717) is 17.3 Å². The van der Waals surface area contributed by atoms with Crippen molar-refractivity contribution in [2.75, 3.05) is 7.05 Å². The van der Waals surface area contributed by atoms with E-state index in [1.165, 1.54) is 44.9 Å². The third-order valence-corrected chi connectivity index (χ3v) is 7.03. The summed E-state index contributed by atoms with van der Waals surface area (Å²) in [6.07, 6.45) is 8.97. The first kappa shape index (κ1) is 15.0. The first-order valence-electron chi connectivity index (χ1n) is 8.92. The van der Waals surface area contributed by atoms with Crippen molar-refractivity contribution < 1.29 is 4.52 Å². The van der Waals surface area contributed by atoms with Gasteiger partial charge in [0, 0.05) is 29.4 Å². The minimum absolute atomic E-state index is 0.408. The number of nitrogens with zero attached hydrogens (tertiary/aromatic N) is 2. The maximum atomic E-state index is 6.33. The summed E-state index contributed by atoms with van der Waals surface area (Å²) < 4.78 is 5.74. The monoisotopic (exact) mass is 322 g/mol. The van der Waals surface area contributed by atoms with Gasteiger partial charge in [-0.1, -0.05) is 5.16 Å². The largest absolute Gasteiger partial charge is 0.361 e. The van der Waals surface area contributed by atoms with Gasteiger partial charge in [-0.25, -0.2) is 0 Å². The van der Waals surface area contributed by atoms with Crippen LogP contribution in [-0.4, -0.2) is 34.6 Å². The highest BCUT2D eigenvalue weighted by atomic mass is 35.5. The number of fused-ring (bicyclic) bond motifs is 2. The molecule has 0 amide bonds. The summed E-state index contributed by atoms with van der Waals surface area (Å²) in [4.78, 5) is 2.62. The molecule has 1 aromatic heterocycles. The van der Waals surface area contributed by atoms with Gasteiger partial charge in [-0.2, -0.15) is 0 Å². The third-order valence-electron chi connectivity index (χ3n) is 6.60. The summed E-state index contributed by atoms with van der Waals surface area (Å²) in [5, 5.41) is 4.58. The van der Waals surface area contributed by atoms with E-state index in [9.17, 15) is 0 Å².